The number of aliphatic carboxylic acids is 1. The van der Waals surface area contributed by atoms with E-state index >= 15 is 0 Å². The minimum Gasteiger partial charge on any atom is -0.480 e. The van der Waals surface area contributed by atoms with Gasteiger partial charge in [-0.1, -0.05) is 23.2 Å². The summed E-state index contributed by atoms with van der Waals surface area (Å²) >= 11 is 11.7. The van der Waals surface area contributed by atoms with Crippen molar-refractivity contribution in [1.29, 1.82) is 0 Å². The minimum absolute atomic E-state index is 0.0492. The van der Waals surface area contributed by atoms with Crippen molar-refractivity contribution in [2.24, 2.45) is 0 Å². The monoisotopic (exact) mass is 304 g/mol. The number of nitrogens with one attached hydrogen (secondary N) is 1. The van der Waals surface area contributed by atoms with Gasteiger partial charge in [0.15, 0.2) is 0 Å². The number of carboxylic acid groups (broad SMARTS) is 1. The lowest BCUT2D eigenvalue weighted by Crippen LogP contribution is -2.40. The molecule has 0 bridgehead atoms. The molecule has 104 valence electrons. The van der Waals surface area contributed by atoms with Gasteiger partial charge in [-0.3, -0.25) is 14.5 Å². The van der Waals surface area contributed by atoms with Gasteiger partial charge in [0.1, 0.15) is 6.04 Å². The van der Waals surface area contributed by atoms with Crippen LogP contribution in [0.1, 0.15) is 6.92 Å². The Bertz CT molecular complexity index is 494. The molecule has 5 nitrogen and oxygen atoms in total. The van der Waals surface area contributed by atoms with E-state index in [1.54, 1.807) is 19.2 Å². The van der Waals surface area contributed by atoms with Crippen molar-refractivity contribution in [3.8, 4) is 0 Å². The van der Waals surface area contributed by atoms with E-state index in [9.17, 15) is 9.59 Å². The number of amides is 1. The summed E-state index contributed by atoms with van der Waals surface area (Å²) in [7, 11) is 1.56. The lowest BCUT2D eigenvalue weighted by atomic mass is 10.3. The Labute approximate surface area is 121 Å². The van der Waals surface area contributed by atoms with E-state index in [1.807, 2.05) is 0 Å². The summed E-state index contributed by atoms with van der Waals surface area (Å²) < 4.78 is 0. The number of carbonyl (C=O) groups excluding carboxylic acids is 1. The Morgan fingerprint density at radius 1 is 1.42 bits per heavy atom. The molecule has 0 aliphatic carbocycles. The number of benzene rings is 1. The van der Waals surface area contributed by atoms with Crippen LogP contribution >= 0.6 is 23.2 Å². The Hall–Kier alpha value is -1.30. The second-order valence-corrected chi connectivity index (χ2v) is 4.95. The van der Waals surface area contributed by atoms with Crippen LogP contribution < -0.4 is 5.32 Å². The molecule has 0 radical (unpaired) electrons. The molecule has 1 aromatic carbocycles. The number of carboxylic acids is 1. The Kier molecular flexibility index (Phi) is 5.60. The van der Waals surface area contributed by atoms with Crippen molar-refractivity contribution in [1.82, 2.24) is 4.90 Å². The van der Waals surface area contributed by atoms with Crippen LogP contribution in [-0.4, -0.2) is 41.5 Å². The fourth-order valence-corrected chi connectivity index (χ4v) is 1.79. The maximum atomic E-state index is 11.7. The molecular formula is C12H14Cl2N2O3. The van der Waals surface area contributed by atoms with Crippen LogP contribution in [0.3, 0.4) is 0 Å². The van der Waals surface area contributed by atoms with Gasteiger partial charge in [0, 0.05) is 5.02 Å². The van der Waals surface area contributed by atoms with Gasteiger partial charge >= 0.3 is 5.97 Å². The number of hydrogen-bond donors (Lipinski definition) is 2. The molecule has 2 N–H and O–H groups in total. The highest BCUT2D eigenvalue weighted by Crippen LogP contribution is 2.25. The van der Waals surface area contributed by atoms with Crippen LogP contribution in [0.5, 0.6) is 0 Å². The molecule has 1 rings (SSSR count). The van der Waals surface area contributed by atoms with E-state index in [0.717, 1.165) is 0 Å². The first kappa shape index (κ1) is 15.8. The van der Waals surface area contributed by atoms with Crippen LogP contribution in [0, 0.1) is 0 Å². The maximum Gasteiger partial charge on any atom is 0.320 e. The molecule has 1 amide bonds. The van der Waals surface area contributed by atoms with Crippen LogP contribution in [0.25, 0.3) is 0 Å². The second-order valence-electron chi connectivity index (χ2n) is 4.10. The van der Waals surface area contributed by atoms with Gasteiger partial charge in [-0.05, 0) is 32.2 Å². The molecule has 0 fully saturated rings. The minimum atomic E-state index is -0.986. The standard InChI is InChI=1S/C12H14Cl2N2O3/c1-7(12(18)19)16(2)6-11(17)15-10-4-3-8(13)5-9(10)14/h3-5,7H,6H2,1-2H3,(H,15,17)(H,18,19). The van der Waals surface area contributed by atoms with Crippen molar-refractivity contribution >= 4 is 40.8 Å². The molecule has 19 heavy (non-hydrogen) atoms. The molecule has 1 atom stereocenters. The summed E-state index contributed by atoms with van der Waals surface area (Å²) in [6.07, 6.45) is 0. The van der Waals surface area contributed by atoms with Gasteiger partial charge < -0.3 is 10.4 Å². The number of nitrogens with zero attached hydrogens (tertiary/aromatic N) is 1. The largest absolute Gasteiger partial charge is 0.480 e. The average molecular weight is 305 g/mol. The lowest BCUT2D eigenvalue weighted by Gasteiger charge is -2.20. The predicted octanol–water partition coefficient (Wildman–Crippen LogP) is 2.34. The van der Waals surface area contributed by atoms with Gasteiger partial charge in [0.05, 0.1) is 17.3 Å². The zero-order chi connectivity index (χ0) is 14.6. The molecule has 0 aliphatic rings. The molecule has 0 saturated carbocycles. The van der Waals surface area contributed by atoms with Crippen molar-refractivity contribution in [2.75, 3.05) is 18.9 Å². The van der Waals surface area contributed by atoms with Crippen molar-refractivity contribution in [3.05, 3.63) is 28.2 Å². The number of rotatable bonds is 5. The Morgan fingerprint density at radius 2 is 2.05 bits per heavy atom. The SMILES string of the molecule is CC(C(=O)O)N(C)CC(=O)Nc1ccc(Cl)cc1Cl. The topological polar surface area (TPSA) is 69.6 Å². The van der Waals surface area contributed by atoms with Crippen LogP contribution in [0.4, 0.5) is 5.69 Å². The molecule has 0 aromatic heterocycles. The molecule has 1 unspecified atom stereocenters. The van der Waals surface area contributed by atoms with Crippen LogP contribution in [-0.2, 0) is 9.59 Å². The molecule has 1 aromatic rings. The third kappa shape index (κ3) is 4.70. The fraction of sp³-hybridized carbons (Fsp3) is 0.333. The van der Waals surface area contributed by atoms with Crippen molar-refractivity contribution in [3.63, 3.8) is 0 Å². The first-order chi connectivity index (χ1) is 8.81. The zero-order valence-electron chi connectivity index (χ0n) is 10.5. The molecule has 0 heterocycles. The van der Waals surface area contributed by atoms with E-state index in [-0.39, 0.29) is 12.5 Å². The normalized spacial score (nSPS) is 12.3. The van der Waals surface area contributed by atoms with Crippen molar-refractivity contribution < 1.29 is 14.7 Å². The van der Waals surface area contributed by atoms with Gasteiger partial charge in [-0.15, -0.1) is 0 Å². The number of anilines is 1. The average Bonchev–Trinajstić information content (AvgIpc) is 2.31. The summed E-state index contributed by atoms with van der Waals surface area (Å²) in [5, 5.41) is 12.2. The van der Waals surface area contributed by atoms with E-state index in [1.165, 1.54) is 17.9 Å². The molecule has 7 heteroatoms. The summed E-state index contributed by atoms with van der Waals surface area (Å²) in [5.74, 6) is -1.33. The maximum absolute atomic E-state index is 11.7. The first-order valence-electron chi connectivity index (χ1n) is 5.49. The molecular weight excluding hydrogens is 291 g/mol. The van der Waals surface area contributed by atoms with Gasteiger partial charge in [-0.25, -0.2) is 0 Å². The number of hydrogen-bond acceptors (Lipinski definition) is 3. The van der Waals surface area contributed by atoms with Crippen LogP contribution in [0.2, 0.25) is 10.0 Å². The highest BCUT2D eigenvalue weighted by atomic mass is 35.5. The Morgan fingerprint density at radius 3 is 2.58 bits per heavy atom. The summed E-state index contributed by atoms with van der Waals surface area (Å²) in [6, 6.07) is 3.96. The van der Waals surface area contributed by atoms with Gasteiger partial charge in [0.2, 0.25) is 5.91 Å². The highest BCUT2D eigenvalue weighted by Gasteiger charge is 2.19. The van der Waals surface area contributed by atoms with Crippen molar-refractivity contribution in [2.45, 2.75) is 13.0 Å². The smallest absolute Gasteiger partial charge is 0.320 e. The summed E-state index contributed by atoms with van der Waals surface area (Å²) in [5.41, 5.74) is 0.437. The number of halogens is 2. The fourth-order valence-electron chi connectivity index (χ4n) is 1.33. The third-order valence-electron chi connectivity index (χ3n) is 2.62. The third-order valence-corrected chi connectivity index (χ3v) is 3.16. The molecule has 0 spiro atoms. The summed E-state index contributed by atoms with van der Waals surface area (Å²) in [6.45, 7) is 1.46. The van der Waals surface area contributed by atoms with Gasteiger partial charge in [-0.2, -0.15) is 0 Å². The second kappa shape index (κ2) is 6.75. The number of carbonyl (C=O) groups is 2. The highest BCUT2D eigenvalue weighted by molar-refractivity contribution is 6.36. The first-order valence-corrected chi connectivity index (χ1v) is 6.25. The zero-order valence-corrected chi connectivity index (χ0v) is 12.0. The number of likely N-dealkylation sites (N-methyl/N-ethyl adjacent to an activating group) is 1. The Balaban J connectivity index is 2.63. The predicted molar refractivity (Wildman–Crippen MR) is 74.8 cm³/mol. The summed E-state index contributed by atoms with van der Waals surface area (Å²) in [4.78, 5) is 23.9. The molecule has 0 saturated heterocycles. The van der Waals surface area contributed by atoms with Crippen LogP contribution in [0.15, 0.2) is 18.2 Å². The lowest BCUT2D eigenvalue weighted by molar-refractivity contribution is -0.142. The van der Waals surface area contributed by atoms with Gasteiger partial charge in [0.25, 0.3) is 0 Å². The van der Waals surface area contributed by atoms with E-state index in [0.29, 0.717) is 15.7 Å². The van der Waals surface area contributed by atoms with E-state index in [2.05, 4.69) is 5.32 Å². The van der Waals surface area contributed by atoms with E-state index < -0.39 is 12.0 Å². The quantitative estimate of drug-likeness (QED) is 0.876. The van der Waals surface area contributed by atoms with E-state index in [4.69, 9.17) is 28.3 Å². The molecule has 0 aliphatic heterocycles.